The number of nitrogens with zero attached hydrogens (tertiary/aromatic N) is 2. The molecule has 3 aromatic carbocycles. The highest BCUT2D eigenvalue weighted by Gasteiger charge is 2.20. The second kappa shape index (κ2) is 12.0. The Morgan fingerprint density at radius 1 is 0.900 bits per heavy atom. The van der Waals surface area contributed by atoms with Gasteiger partial charge < -0.3 is 35.5 Å². The van der Waals surface area contributed by atoms with Gasteiger partial charge >= 0.3 is 0 Å². The van der Waals surface area contributed by atoms with Crippen LogP contribution in [0.1, 0.15) is 0 Å². The number of carbonyl (C=O) groups is 2. The number of nitrogens with two attached hydrogens (primary N) is 1. The third kappa shape index (κ3) is 6.04. The summed E-state index contributed by atoms with van der Waals surface area (Å²) >= 11 is 0. The Morgan fingerprint density at radius 3 is 2.23 bits per heavy atom. The number of pyridine rings is 1. The van der Waals surface area contributed by atoms with Crippen molar-refractivity contribution in [2.45, 2.75) is 0 Å². The lowest BCUT2D eigenvalue weighted by Gasteiger charge is -2.20. The van der Waals surface area contributed by atoms with Gasteiger partial charge in [0, 0.05) is 49.7 Å². The number of rotatable bonds is 9. The van der Waals surface area contributed by atoms with Crippen molar-refractivity contribution in [3.63, 3.8) is 0 Å². The fourth-order valence-corrected chi connectivity index (χ4v) is 3.89. The maximum absolute atomic E-state index is 13.2. The second-order valence-corrected chi connectivity index (χ2v) is 8.70. The molecule has 1 aromatic heterocycles. The minimum Gasteiger partial charge on any atom is -0.493 e. The number of ether oxygens (including phenoxy) is 3. The van der Waals surface area contributed by atoms with Gasteiger partial charge in [-0.05, 0) is 48.5 Å². The van der Waals surface area contributed by atoms with Crippen LogP contribution in [0, 0.1) is 5.82 Å². The summed E-state index contributed by atoms with van der Waals surface area (Å²) in [5, 5.41) is 5.96. The van der Waals surface area contributed by atoms with Crippen LogP contribution < -0.4 is 35.5 Å². The van der Waals surface area contributed by atoms with Crippen molar-refractivity contribution in [1.82, 2.24) is 4.98 Å². The monoisotopic (exact) mass is 545 g/mol. The van der Waals surface area contributed by atoms with Crippen molar-refractivity contribution in [2.75, 3.05) is 43.8 Å². The van der Waals surface area contributed by atoms with Crippen LogP contribution in [0.2, 0.25) is 0 Å². The highest BCUT2D eigenvalue weighted by molar-refractivity contribution is 6.26. The number of hydrogen-bond acceptors (Lipinski definition) is 8. The van der Waals surface area contributed by atoms with Crippen molar-refractivity contribution in [2.24, 2.45) is 5.73 Å². The number of nitrogens with one attached hydrogen (secondary N) is 2. The first-order valence-corrected chi connectivity index (χ1v) is 12.0. The smallest absolute Gasteiger partial charge is 0.262 e. The van der Waals surface area contributed by atoms with Crippen LogP contribution in [0.15, 0.2) is 78.6 Å². The molecule has 0 atom stereocenters. The van der Waals surface area contributed by atoms with E-state index < -0.39 is 17.6 Å². The van der Waals surface area contributed by atoms with Gasteiger partial charge in [0.05, 0.1) is 31.1 Å². The number of anilines is 3. The van der Waals surface area contributed by atoms with Gasteiger partial charge in [-0.1, -0.05) is 0 Å². The highest BCUT2D eigenvalue weighted by Crippen LogP contribution is 2.38. The Kier molecular flexibility index (Phi) is 8.33. The normalized spacial score (nSPS) is 11.1. The predicted octanol–water partition coefficient (Wildman–Crippen LogP) is 4.67. The van der Waals surface area contributed by atoms with Crippen LogP contribution in [0.3, 0.4) is 0 Å². The second-order valence-electron chi connectivity index (χ2n) is 8.70. The molecule has 0 fully saturated rings. The number of aromatic nitrogens is 1. The number of carbonyl (C=O) groups excluding carboxylic acids is 2. The molecule has 10 nitrogen and oxygen atoms in total. The van der Waals surface area contributed by atoms with Gasteiger partial charge in [-0.25, -0.2) is 4.39 Å². The fraction of sp³-hybridized carbons (Fsp3) is 0.138. The Bertz CT molecular complexity index is 1590. The van der Waals surface area contributed by atoms with Gasteiger partial charge in [-0.15, -0.1) is 0 Å². The molecule has 0 aliphatic rings. The minimum absolute atomic E-state index is 0.314. The average molecular weight is 546 g/mol. The Hall–Kier alpha value is -5.32. The van der Waals surface area contributed by atoms with E-state index in [1.165, 1.54) is 24.3 Å². The molecule has 0 radical (unpaired) electrons. The maximum Gasteiger partial charge on any atom is 0.262 e. The molecule has 11 heteroatoms. The number of benzene rings is 3. The Morgan fingerprint density at radius 2 is 1.57 bits per heavy atom. The molecular formula is C29H28FN5O5. The largest absolute Gasteiger partial charge is 0.493 e. The summed E-state index contributed by atoms with van der Waals surface area (Å²) in [6.07, 6.45) is 2.54. The van der Waals surface area contributed by atoms with Gasteiger partial charge in [0.1, 0.15) is 22.9 Å². The van der Waals surface area contributed by atoms with Crippen LogP contribution >= 0.6 is 0 Å². The lowest BCUT2D eigenvalue weighted by molar-refractivity contribution is -0.118. The first kappa shape index (κ1) is 27.7. The van der Waals surface area contributed by atoms with E-state index in [1.807, 2.05) is 0 Å². The quantitative estimate of drug-likeness (QED) is 0.157. The molecule has 2 amide bonds. The van der Waals surface area contributed by atoms with E-state index in [2.05, 4.69) is 15.6 Å². The van der Waals surface area contributed by atoms with Gasteiger partial charge in [0.25, 0.3) is 11.8 Å². The summed E-state index contributed by atoms with van der Waals surface area (Å²) < 4.78 is 30.2. The zero-order chi connectivity index (χ0) is 28.8. The lowest BCUT2D eigenvalue weighted by atomic mass is 10.1. The van der Waals surface area contributed by atoms with Crippen LogP contribution in [0.5, 0.6) is 23.0 Å². The number of hydrogen-bond donors (Lipinski definition) is 3. The SMILES string of the molecule is COc1cc2nccc(Oc3ccc(NC(=O)/C(=C/N)C(=O)Nc4ccc(F)cc4)c(N(C)C)c3)c2cc1OC. The number of methoxy groups -OCH3 is 2. The van der Waals surface area contributed by atoms with Crippen LogP contribution in [0.4, 0.5) is 21.5 Å². The van der Waals surface area contributed by atoms with E-state index in [0.29, 0.717) is 51.0 Å². The average Bonchev–Trinajstić information content (AvgIpc) is 2.94. The number of amides is 2. The van der Waals surface area contributed by atoms with Crippen molar-refractivity contribution in [3.05, 3.63) is 84.5 Å². The van der Waals surface area contributed by atoms with E-state index in [-0.39, 0.29) is 5.57 Å². The number of fused-ring (bicyclic) bond motifs is 1. The highest BCUT2D eigenvalue weighted by atomic mass is 19.1. The molecule has 0 aliphatic heterocycles. The molecule has 0 unspecified atom stereocenters. The van der Waals surface area contributed by atoms with E-state index in [0.717, 1.165) is 6.20 Å². The molecule has 4 rings (SSSR count). The van der Waals surface area contributed by atoms with Gasteiger partial charge in [-0.2, -0.15) is 0 Å². The number of halogens is 1. The topological polar surface area (TPSA) is 128 Å². The van der Waals surface area contributed by atoms with Crippen LogP contribution in [-0.4, -0.2) is 45.1 Å². The molecule has 0 saturated carbocycles. The molecule has 1 heterocycles. The first-order chi connectivity index (χ1) is 19.2. The predicted molar refractivity (Wildman–Crippen MR) is 152 cm³/mol. The van der Waals surface area contributed by atoms with E-state index in [1.54, 1.807) is 75.8 Å². The van der Waals surface area contributed by atoms with Crippen LogP contribution in [-0.2, 0) is 9.59 Å². The molecule has 0 aliphatic carbocycles. The molecular weight excluding hydrogens is 517 g/mol. The van der Waals surface area contributed by atoms with Crippen molar-refractivity contribution in [3.8, 4) is 23.0 Å². The van der Waals surface area contributed by atoms with Gasteiger partial charge in [0.15, 0.2) is 11.5 Å². The zero-order valence-electron chi connectivity index (χ0n) is 22.3. The van der Waals surface area contributed by atoms with Crippen molar-refractivity contribution < 1.29 is 28.2 Å². The summed E-state index contributed by atoms with van der Waals surface area (Å²) in [5.41, 5.74) is 7.29. The molecule has 0 spiro atoms. The third-order valence-electron chi connectivity index (χ3n) is 5.89. The van der Waals surface area contributed by atoms with Gasteiger partial charge in [0.2, 0.25) is 0 Å². The summed E-state index contributed by atoms with van der Waals surface area (Å²) in [6.45, 7) is 0. The van der Waals surface area contributed by atoms with Crippen molar-refractivity contribution >= 4 is 39.8 Å². The summed E-state index contributed by atoms with van der Waals surface area (Å²) in [7, 11) is 6.70. The first-order valence-electron chi connectivity index (χ1n) is 12.0. The molecule has 0 saturated heterocycles. The standard InChI is InChI=1S/C29H28FN5O5/c1-35(2)24-13-19(40-25-11-12-32-23-15-27(39-4)26(38-3)14-20(23)25)9-10-22(24)34-29(37)21(16-31)28(36)33-18-7-5-17(30)6-8-18/h5-16H,31H2,1-4H3,(H,33,36)(H,34,37)/b21-16+. The fourth-order valence-electron chi connectivity index (χ4n) is 3.89. The molecule has 4 N–H and O–H groups in total. The molecule has 4 aromatic rings. The van der Waals surface area contributed by atoms with E-state index >= 15 is 0 Å². The summed E-state index contributed by atoms with van der Waals surface area (Å²) in [4.78, 5) is 31.8. The molecule has 206 valence electrons. The summed E-state index contributed by atoms with van der Waals surface area (Å²) in [5.74, 6) is 0.200. The summed E-state index contributed by atoms with van der Waals surface area (Å²) in [6, 6.07) is 15.5. The molecule has 0 bridgehead atoms. The zero-order valence-corrected chi connectivity index (χ0v) is 22.3. The third-order valence-corrected chi connectivity index (χ3v) is 5.89. The van der Waals surface area contributed by atoms with Crippen molar-refractivity contribution in [1.29, 1.82) is 0 Å². The Labute approximate surface area is 230 Å². The Balaban J connectivity index is 1.57. The lowest BCUT2D eigenvalue weighted by Crippen LogP contribution is -2.27. The molecule has 40 heavy (non-hydrogen) atoms. The minimum atomic E-state index is -0.741. The maximum atomic E-state index is 13.2. The van der Waals surface area contributed by atoms with Crippen LogP contribution in [0.25, 0.3) is 10.9 Å². The van der Waals surface area contributed by atoms with Gasteiger partial charge in [-0.3, -0.25) is 14.6 Å². The van der Waals surface area contributed by atoms with E-state index in [4.69, 9.17) is 19.9 Å². The van der Waals surface area contributed by atoms with E-state index in [9.17, 15) is 14.0 Å².